The van der Waals surface area contributed by atoms with Crippen LogP contribution in [0.25, 0.3) is 10.2 Å². The number of nitrogens with one attached hydrogen (secondary N) is 3. The third-order valence-electron chi connectivity index (χ3n) is 6.14. The van der Waals surface area contributed by atoms with Gasteiger partial charge >= 0.3 is 6.03 Å². The Kier molecular flexibility index (Phi) is 5.93. The lowest BCUT2D eigenvalue weighted by Gasteiger charge is -2.26. The molecule has 0 radical (unpaired) electrons. The minimum absolute atomic E-state index is 0.0389. The van der Waals surface area contributed by atoms with E-state index in [1.807, 2.05) is 0 Å². The van der Waals surface area contributed by atoms with E-state index < -0.39 is 11.4 Å². The summed E-state index contributed by atoms with van der Waals surface area (Å²) in [4.78, 5) is 31.8. The van der Waals surface area contributed by atoms with Gasteiger partial charge in [0.15, 0.2) is 5.13 Å². The number of phenols is 1. The summed E-state index contributed by atoms with van der Waals surface area (Å²) >= 11 is 7.66. The third-order valence-corrected chi connectivity index (χ3v) is 7.39. The molecule has 1 aliphatic rings. The maximum atomic E-state index is 13.5. The van der Waals surface area contributed by atoms with Crippen molar-refractivity contribution in [3.8, 4) is 5.75 Å². The van der Waals surface area contributed by atoms with E-state index in [-0.39, 0.29) is 24.0 Å². The van der Waals surface area contributed by atoms with Gasteiger partial charge in [-0.25, -0.2) is 14.2 Å². The Balaban J connectivity index is 1.48. The molecule has 5 rings (SSSR count). The van der Waals surface area contributed by atoms with Crippen molar-refractivity contribution in [2.24, 2.45) is 0 Å². The first-order valence-corrected chi connectivity index (χ1v) is 12.2. The second kappa shape index (κ2) is 8.96. The number of carbonyl (C=O) groups is 2. The summed E-state index contributed by atoms with van der Waals surface area (Å²) < 4.78 is 14.1. The molecule has 184 valence electrons. The van der Waals surface area contributed by atoms with Gasteiger partial charge in [-0.15, -0.1) is 0 Å². The fourth-order valence-corrected chi connectivity index (χ4v) is 5.76. The molecular weight excluding hydrogens is 505 g/mol. The van der Waals surface area contributed by atoms with Crippen molar-refractivity contribution in [1.82, 2.24) is 10.3 Å². The van der Waals surface area contributed by atoms with E-state index in [1.54, 1.807) is 55.3 Å². The number of fused-ring (bicyclic) bond motifs is 2. The molecule has 3 aromatic carbocycles. The first-order valence-electron chi connectivity index (χ1n) is 11.0. The Bertz CT molecular complexity index is 1530. The van der Waals surface area contributed by atoms with Crippen molar-refractivity contribution >= 4 is 67.3 Å². The first kappa shape index (κ1) is 23.8. The minimum atomic E-state index is -1.05. The molecule has 2 heterocycles. The molecule has 3 amide bonds. The molecular formula is C25H21ClFN5O3S. The van der Waals surface area contributed by atoms with Crippen LogP contribution in [-0.2, 0) is 10.2 Å². The Hall–Kier alpha value is -3.89. The molecule has 4 N–H and O–H groups in total. The van der Waals surface area contributed by atoms with Gasteiger partial charge in [-0.2, -0.15) is 0 Å². The second-order valence-corrected chi connectivity index (χ2v) is 9.95. The van der Waals surface area contributed by atoms with Crippen molar-refractivity contribution in [3.05, 3.63) is 71.0 Å². The number of aromatic hydroxyl groups is 1. The van der Waals surface area contributed by atoms with Crippen LogP contribution < -0.4 is 20.9 Å². The molecule has 4 aromatic rings. The van der Waals surface area contributed by atoms with Crippen molar-refractivity contribution in [3.63, 3.8) is 0 Å². The largest absolute Gasteiger partial charge is 0.506 e. The lowest BCUT2D eigenvalue weighted by atomic mass is 9.83. The predicted octanol–water partition coefficient (Wildman–Crippen LogP) is 5.59. The Morgan fingerprint density at radius 3 is 2.72 bits per heavy atom. The number of amides is 3. The van der Waals surface area contributed by atoms with E-state index in [0.717, 1.165) is 11.3 Å². The zero-order valence-electron chi connectivity index (χ0n) is 19.2. The lowest BCUT2D eigenvalue weighted by Crippen LogP contribution is -2.43. The number of thiazole rings is 1. The Labute approximate surface area is 214 Å². The number of anilines is 4. The van der Waals surface area contributed by atoms with Gasteiger partial charge in [0.25, 0.3) is 0 Å². The Morgan fingerprint density at radius 1 is 1.17 bits per heavy atom. The van der Waals surface area contributed by atoms with Crippen LogP contribution in [0.15, 0.2) is 54.6 Å². The van der Waals surface area contributed by atoms with Crippen LogP contribution in [0.5, 0.6) is 5.75 Å². The predicted molar refractivity (Wildman–Crippen MR) is 140 cm³/mol. The van der Waals surface area contributed by atoms with Gasteiger partial charge in [-0.3, -0.25) is 10.1 Å². The highest BCUT2D eigenvalue weighted by atomic mass is 35.5. The molecule has 1 aromatic heterocycles. The van der Waals surface area contributed by atoms with Crippen molar-refractivity contribution in [2.75, 3.05) is 29.1 Å². The average Bonchev–Trinajstić information content (AvgIpc) is 3.40. The van der Waals surface area contributed by atoms with Crippen LogP contribution in [0.2, 0.25) is 5.02 Å². The SMILES string of the molecule is CNC(=O)C1(C)CN(c2ccccc2NC(=O)Nc2nc3ccc(F)cc3s2)c2c(O)ccc(Cl)c21. The van der Waals surface area contributed by atoms with Gasteiger partial charge in [-0.05, 0) is 49.4 Å². The number of hydrogen-bond acceptors (Lipinski definition) is 6. The van der Waals surface area contributed by atoms with Crippen molar-refractivity contribution < 1.29 is 19.1 Å². The quantitative estimate of drug-likeness (QED) is 0.278. The molecule has 8 nitrogen and oxygen atoms in total. The van der Waals surface area contributed by atoms with Crippen LogP contribution in [0, 0.1) is 5.82 Å². The zero-order valence-corrected chi connectivity index (χ0v) is 20.8. The van der Waals surface area contributed by atoms with Crippen molar-refractivity contribution in [2.45, 2.75) is 12.3 Å². The smallest absolute Gasteiger partial charge is 0.325 e. The van der Waals surface area contributed by atoms with Gasteiger partial charge < -0.3 is 20.6 Å². The lowest BCUT2D eigenvalue weighted by molar-refractivity contribution is -0.125. The number of benzene rings is 3. The van der Waals surface area contributed by atoms with E-state index in [4.69, 9.17) is 11.6 Å². The number of urea groups is 1. The Morgan fingerprint density at radius 2 is 1.94 bits per heavy atom. The van der Waals surface area contributed by atoms with Gasteiger partial charge in [0.05, 0.1) is 32.7 Å². The molecule has 1 unspecified atom stereocenters. The maximum Gasteiger partial charge on any atom is 0.325 e. The third kappa shape index (κ3) is 3.98. The number of aromatic nitrogens is 1. The van der Waals surface area contributed by atoms with Gasteiger partial charge in [-0.1, -0.05) is 35.1 Å². The number of likely N-dealkylation sites (N-methyl/N-ethyl adjacent to an activating group) is 1. The molecule has 1 atom stereocenters. The fraction of sp³-hybridized carbons (Fsp3) is 0.160. The number of para-hydroxylation sites is 2. The van der Waals surface area contributed by atoms with Crippen molar-refractivity contribution in [1.29, 1.82) is 0 Å². The zero-order chi connectivity index (χ0) is 25.6. The number of halogens is 2. The van der Waals surface area contributed by atoms with Crippen LogP contribution in [0.3, 0.4) is 0 Å². The van der Waals surface area contributed by atoms with Gasteiger partial charge in [0.2, 0.25) is 5.91 Å². The van der Waals surface area contributed by atoms with Gasteiger partial charge in [0, 0.05) is 24.2 Å². The molecule has 0 bridgehead atoms. The standard InChI is InChI=1S/C25H21ClFN5O3S/c1-25(22(34)28-2)12-32(21-18(33)10-8-14(26)20(21)25)17-6-4-3-5-15(17)29-23(35)31-24-30-16-9-7-13(27)11-19(16)36-24/h3-11,33H,12H2,1-2H3,(H,28,34)(H2,29,30,31,35). The summed E-state index contributed by atoms with van der Waals surface area (Å²) in [6.07, 6.45) is 0. The van der Waals surface area contributed by atoms with E-state index in [9.17, 15) is 19.1 Å². The molecule has 1 aliphatic heterocycles. The average molecular weight is 526 g/mol. The van der Waals surface area contributed by atoms with E-state index in [1.165, 1.54) is 18.2 Å². The second-order valence-electron chi connectivity index (χ2n) is 8.51. The summed E-state index contributed by atoms with van der Waals surface area (Å²) in [6.45, 7) is 1.94. The van der Waals surface area contributed by atoms with E-state index in [2.05, 4.69) is 20.9 Å². The summed E-state index contributed by atoms with van der Waals surface area (Å²) in [5.41, 5.74) is 1.43. The van der Waals surface area contributed by atoms with E-state index >= 15 is 0 Å². The monoisotopic (exact) mass is 525 g/mol. The molecule has 0 fully saturated rings. The van der Waals surface area contributed by atoms with Crippen LogP contribution >= 0.6 is 22.9 Å². The number of nitrogens with zero attached hydrogens (tertiary/aromatic N) is 2. The fourth-order valence-electron chi connectivity index (χ4n) is 4.51. The molecule has 0 saturated heterocycles. The highest BCUT2D eigenvalue weighted by molar-refractivity contribution is 7.22. The summed E-state index contributed by atoms with van der Waals surface area (Å²) in [5, 5.41) is 19.6. The first-order chi connectivity index (χ1) is 17.2. The summed E-state index contributed by atoms with van der Waals surface area (Å²) in [5.74, 6) is -0.675. The van der Waals surface area contributed by atoms with Crippen LogP contribution in [0.1, 0.15) is 12.5 Å². The summed E-state index contributed by atoms with van der Waals surface area (Å²) in [6, 6.07) is 13.7. The van der Waals surface area contributed by atoms with Crippen LogP contribution in [-0.4, -0.2) is 35.6 Å². The van der Waals surface area contributed by atoms with Crippen LogP contribution in [0.4, 0.5) is 31.4 Å². The number of phenolic OH excluding ortho intramolecular Hbond substituents is 1. The van der Waals surface area contributed by atoms with Gasteiger partial charge in [0.1, 0.15) is 11.6 Å². The minimum Gasteiger partial charge on any atom is -0.506 e. The molecule has 11 heteroatoms. The maximum absolute atomic E-state index is 13.5. The normalized spacial score (nSPS) is 16.6. The number of hydrogen-bond donors (Lipinski definition) is 4. The summed E-state index contributed by atoms with van der Waals surface area (Å²) in [7, 11) is 1.54. The highest BCUT2D eigenvalue weighted by Gasteiger charge is 2.48. The van der Waals surface area contributed by atoms with E-state index in [0.29, 0.717) is 43.0 Å². The number of carbonyl (C=O) groups excluding carboxylic acids is 2. The topological polar surface area (TPSA) is 107 Å². The molecule has 0 aliphatic carbocycles. The molecule has 36 heavy (non-hydrogen) atoms. The molecule has 0 saturated carbocycles. The number of rotatable bonds is 4. The highest BCUT2D eigenvalue weighted by Crippen LogP contribution is 2.53. The molecule has 0 spiro atoms.